The van der Waals surface area contributed by atoms with Crippen molar-refractivity contribution in [3.05, 3.63) is 54.1 Å². The fourth-order valence-electron chi connectivity index (χ4n) is 2.70. The second-order valence-corrected chi connectivity index (χ2v) is 8.66. The Kier molecular flexibility index (Phi) is 5.31. The van der Waals surface area contributed by atoms with E-state index in [9.17, 15) is 19.1 Å². The molecule has 0 radical (unpaired) electrons. The molecule has 0 aliphatic carbocycles. The Balaban J connectivity index is 1.53. The maximum atomic E-state index is 12.7. The van der Waals surface area contributed by atoms with Gasteiger partial charge in [-0.25, -0.2) is 4.98 Å². The van der Waals surface area contributed by atoms with E-state index >= 15 is 0 Å². The molecular weight excluding hydrogens is 429 g/mol. The van der Waals surface area contributed by atoms with E-state index in [0.29, 0.717) is 27.6 Å². The minimum Gasteiger partial charge on any atom is -0.809 e. The second-order valence-electron chi connectivity index (χ2n) is 6.29. The molecule has 0 bridgehead atoms. The van der Waals surface area contributed by atoms with Crippen molar-refractivity contribution >= 4 is 30.5 Å². The van der Waals surface area contributed by atoms with Crippen molar-refractivity contribution in [3.8, 4) is 22.0 Å². The average Bonchev–Trinajstić information content (AvgIpc) is 3.41. The summed E-state index contributed by atoms with van der Waals surface area (Å²) in [5, 5.41) is 13.0. The molecule has 0 fully saturated rings. The molecule has 4 aromatic rings. The van der Waals surface area contributed by atoms with Crippen LogP contribution >= 0.6 is 18.9 Å². The summed E-state index contributed by atoms with van der Waals surface area (Å²) >= 11 is 1.19. The molecule has 1 amide bonds. The highest BCUT2D eigenvalue weighted by molar-refractivity contribution is 7.47. The molecule has 0 saturated carbocycles. The number of anilines is 1. The zero-order chi connectivity index (χ0) is 21.3. The number of rotatable bonds is 6. The van der Waals surface area contributed by atoms with Crippen LogP contribution in [0.5, 0.6) is 0 Å². The van der Waals surface area contributed by atoms with Gasteiger partial charge in [0.1, 0.15) is 16.4 Å². The molecule has 0 atom stereocenters. The zero-order valence-electron chi connectivity index (χ0n) is 15.5. The summed E-state index contributed by atoms with van der Waals surface area (Å²) in [7, 11) is -3.00. The van der Waals surface area contributed by atoms with Gasteiger partial charge in [-0.3, -0.25) is 19.1 Å². The Morgan fingerprint density at radius 1 is 1.30 bits per heavy atom. The number of amides is 1. The van der Waals surface area contributed by atoms with Gasteiger partial charge in [0.15, 0.2) is 0 Å². The van der Waals surface area contributed by atoms with Crippen LogP contribution < -0.4 is 15.1 Å². The van der Waals surface area contributed by atoms with Gasteiger partial charge in [-0.1, -0.05) is 6.07 Å². The number of hydrogen-bond acceptors (Lipinski definition) is 9. The van der Waals surface area contributed by atoms with E-state index in [1.54, 1.807) is 41.6 Å². The van der Waals surface area contributed by atoms with Crippen LogP contribution in [-0.4, -0.2) is 35.4 Å². The maximum absolute atomic E-state index is 12.7. The van der Waals surface area contributed by atoms with Gasteiger partial charge in [0.2, 0.25) is 0 Å². The van der Waals surface area contributed by atoms with Gasteiger partial charge in [-0.05, 0) is 19.7 Å². The molecule has 4 rings (SSSR count). The van der Waals surface area contributed by atoms with Gasteiger partial charge in [-0.2, -0.15) is 10.2 Å². The first-order chi connectivity index (χ1) is 14.3. The van der Waals surface area contributed by atoms with Gasteiger partial charge >= 0.3 is 0 Å². The number of nitrogens with zero attached hydrogens (tertiary/aromatic N) is 6. The van der Waals surface area contributed by atoms with E-state index in [1.807, 2.05) is 6.07 Å². The third-order valence-corrected chi connectivity index (χ3v) is 5.45. The monoisotopic (exact) mass is 443 g/mol. The van der Waals surface area contributed by atoms with Crippen LogP contribution in [0.3, 0.4) is 0 Å². The largest absolute Gasteiger partial charge is 0.809 e. The first-order valence-corrected chi connectivity index (χ1v) is 11.1. The van der Waals surface area contributed by atoms with E-state index in [4.69, 9.17) is 0 Å². The molecule has 11 nitrogen and oxygen atoms in total. The minimum atomic E-state index is -4.74. The Morgan fingerprint density at radius 2 is 2.13 bits per heavy atom. The first kappa shape index (κ1) is 20.1. The quantitative estimate of drug-likeness (QED) is 0.432. The lowest BCUT2D eigenvalue weighted by Crippen LogP contribution is -2.18. The van der Waals surface area contributed by atoms with E-state index in [1.165, 1.54) is 23.7 Å². The molecule has 4 aromatic heterocycles. The van der Waals surface area contributed by atoms with Crippen molar-refractivity contribution in [2.75, 3.05) is 5.32 Å². The fourth-order valence-corrected chi connectivity index (χ4v) is 3.98. The van der Waals surface area contributed by atoms with E-state index < -0.39 is 19.8 Å². The number of pyridine rings is 1. The van der Waals surface area contributed by atoms with Crippen LogP contribution in [0.15, 0.2) is 48.4 Å². The van der Waals surface area contributed by atoms with Gasteiger partial charge in [0, 0.05) is 36.6 Å². The Hall–Kier alpha value is -3.18. The minimum absolute atomic E-state index is 0.178. The van der Waals surface area contributed by atoms with Gasteiger partial charge in [0.05, 0.1) is 23.9 Å². The van der Waals surface area contributed by atoms with Crippen LogP contribution in [0.2, 0.25) is 0 Å². The molecular formula is C17H14N7O4PS-2. The molecule has 4 heterocycles. The van der Waals surface area contributed by atoms with Crippen molar-refractivity contribution in [3.63, 3.8) is 0 Å². The van der Waals surface area contributed by atoms with E-state index in [0.717, 1.165) is 4.68 Å². The zero-order valence-corrected chi connectivity index (χ0v) is 17.2. The van der Waals surface area contributed by atoms with Crippen LogP contribution in [0.25, 0.3) is 22.0 Å². The highest BCUT2D eigenvalue weighted by atomic mass is 32.1. The normalized spacial score (nSPS) is 11.6. The lowest BCUT2D eigenvalue weighted by molar-refractivity contribution is -0.316. The summed E-state index contributed by atoms with van der Waals surface area (Å²) in [5.41, 5.74) is 2.32. The molecule has 0 aromatic carbocycles. The molecule has 0 aliphatic rings. The van der Waals surface area contributed by atoms with Gasteiger partial charge in [-0.15, -0.1) is 11.3 Å². The highest BCUT2D eigenvalue weighted by Gasteiger charge is 2.18. The molecule has 1 N–H and O–H groups in total. The van der Waals surface area contributed by atoms with Crippen molar-refractivity contribution in [2.24, 2.45) is 7.05 Å². The Labute approximate surface area is 174 Å². The standard InChI is InChI=1S/C17H16N7O4PS/c1-23-8-13(15(22-23)12-4-2-3-5-18-12)20-16(25)14-9-30-17(21-14)11-6-19-24(7-11)10-29(26,27)28/h2-9H,10H2,1H3,(H,20,25)(H2,26,27,28)/p-2. The molecule has 13 heteroatoms. The fraction of sp³-hybridized carbons (Fsp3) is 0.118. The molecule has 30 heavy (non-hydrogen) atoms. The summed E-state index contributed by atoms with van der Waals surface area (Å²) < 4.78 is 13.5. The summed E-state index contributed by atoms with van der Waals surface area (Å²) in [6.07, 6.45) is 5.34. The highest BCUT2D eigenvalue weighted by Crippen LogP contribution is 2.29. The van der Waals surface area contributed by atoms with Crippen LogP contribution in [0.1, 0.15) is 10.5 Å². The average molecular weight is 443 g/mol. The van der Waals surface area contributed by atoms with Crippen LogP contribution in [0.4, 0.5) is 5.69 Å². The predicted octanol–water partition coefficient (Wildman–Crippen LogP) is 0.926. The maximum Gasteiger partial charge on any atom is 0.275 e. The lowest BCUT2D eigenvalue weighted by atomic mass is 10.2. The molecule has 0 spiro atoms. The van der Waals surface area contributed by atoms with Gasteiger partial charge < -0.3 is 19.7 Å². The number of hydrogen-bond donors (Lipinski definition) is 1. The van der Waals surface area contributed by atoms with Crippen LogP contribution in [-0.2, 0) is 17.9 Å². The van der Waals surface area contributed by atoms with Crippen LogP contribution in [0, 0.1) is 0 Å². The third-order valence-electron chi connectivity index (χ3n) is 3.92. The SMILES string of the molecule is Cn1cc(NC(=O)c2csc(-c3cnn(CP(=O)([O-])[O-])c3)n2)c(-c2ccccn2)n1. The predicted molar refractivity (Wildman–Crippen MR) is 105 cm³/mol. The number of aryl methyl sites for hydroxylation is 1. The van der Waals surface area contributed by atoms with Gasteiger partial charge in [0.25, 0.3) is 5.91 Å². The number of aromatic nitrogens is 6. The summed E-state index contributed by atoms with van der Waals surface area (Å²) in [4.78, 5) is 43.0. The first-order valence-electron chi connectivity index (χ1n) is 8.54. The Morgan fingerprint density at radius 3 is 2.87 bits per heavy atom. The number of nitrogens with one attached hydrogen (secondary N) is 1. The van der Waals surface area contributed by atoms with Crippen molar-refractivity contribution < 1.29 is 19.1 Å². The van der Waals surface area contributed by atoms with E-state index in [2.05, 4.69) is 25.5 Å². The summed E-state index contributed by atoms with van der Waals surface area (Å²) in [6.45, 7) is 0. The van der Waals surface area contributed by atoms with Crippen molar-refractivity contribution in [1.29, 1.82) is 0 Å². The van der Waals surface area contributed by atoms with E-state index in [-0.39, 0.29) is 5.69 Å². The third kappa shape index (κ3) is 4.52. The molecule has 0 saturated heterocycles. The lowest BCUT2D eigenvalue weighted by Gasteiger charge is -2.28. The Bertz CT molecular complexity index is 1240. The number of thiazole rings is 1. The smallest absolute Gasteiger partial charge is 0.275 e. The molecule has 0 aliphatic heterocycles. The summed E-state index contributed by atoms with van der Waals surface area (Å²) in [6, 6.07) is 5.41. The molecule has 0 unspecified atom stereocenters. The van der Waals surface area contributed by atoms with Crippen molar-refractivity contribution in [1.82, 2.24) is 29.5 Å². The number of carbonyl (C=O) groups excluding carboxylic acids is 1. The topological polar surface area (TPSA) is 154 Å². The second kappa shape index (κ2) is 7.92. The van der Waals surface area contributed by atoms with Crippen molar-refractivity contribution in [2.45, 2.75) is 6.29 Å². The summed E-state index contributed by atoms with van der Waals surface area (Å²) in [5.74, 6) is -0.432. The number of carbonyl (C=O) groups is 1. The molecule has 154 valence electrons.